The normalized spacial score (nSPS) is 13.0. The summed E-state index contributed by atoms with van der Waals surface area (Å²) in [4.78, 5) is 9.96. The van der Waals surface area contributed by atoms with Gasteiger partial charge in [0.1, 0.15) is 0 Å². The molecule has 0 atom stereocenters. The largest absolute Gasteiger partial charge is 0.454 e. The Bertz CT molecular complexity index is 848. The molecular weight excluding hydrogens is 324 g/mol. The molecule has 9 heteroatoms. The molecule has 0 fully saturated rings. The van der Waals surface area contributed by atoms with Gasteiger partial charge in [-0.1, -0.05) is 6.07 Å². The van der Waals surface area contributed by atoms with Gasteiger partial charge in [0.25, 0.3) is 5.69 Å². The highest BCUT2D eigenvalue weighted by atomic mass is 32.2. The molecule has 2 aromatic rings. The van der Waals surface area contributed by atoms with Crippen LogP contribution < -0.4 is 14.2 Å². The molecule has 0 spiro atoms. The summed E-state index contributed by atoms with van der Waals surface area (Å²) in [6.45, 7) is 0.212. The molecule has 0 amide bonds. The highest BCUT2D eigenvalue weighted by Gasteiger charge is 2.17. The van der Waals surface area contributed by atoms with Crippen molar-refractivity contribution in [1.29, 1.82) is 0 Å². The monoisotopic (exact) mass is 336 g/mol. The second-order valence-electron chi connectivity index (χ2n) is 4.76. The third kappa shape index (κ3) is 3.25. The quantitative estimate of drug-likeness (QED) is 0.659. The minimum Gasteiger partial charge on any atom is -0.454 e. The maximum Gasteiger partial charge on any atom is 0.269 e. The number of non-ortho nitro benzene ring substituents is 1. The molecule has 1 N–H and O–H groups in total. The highest BCUT2D eigenvalue weighted by Crippen LogP contribution is 2.32. The number of nitrogens with zero attached hydrogens (tertiary/aromatic N) is 1. The van der Waals surface area contributed by atoms with E-state index in [0.717, 1.165) is 12.1 Å². The SMILES string of the molecule is O=[N+]([O-])c1ccc(S(=O)(=O)NCc2ccc3c(c2)OCO3)cc1. The number of nitro groups is 1. The van der Waals surface area contributed by atoms with Crippen LogP contribution in [0, 0.1) is 10.1 Å². The summed E-state index contributed by atoms with van der Waals surface area (Å²) >= 11 is 0. The second kappa shape index (κ2) is 5.86. The van der Waals surface area contributed by atoms with Crippen molar-refractivity contribution in [3.8, 4) is 11.5 Å². The van der Waals surface area contributed by atoms with E-state index >= 15 is 0 Å². The van der Waals surface area contributed by atoms with Gasteiger partial charge in [0, 0.05) is 18.7 Å². The molecule has 0 unspecified atom stereocenters. The van der Waals surface area contributed by atoms with Gasteiger partial charge in [-0.05, 0) is 29.8 Å². The smallest absolute Gasteiger partial charge is 0.269 e. The molecule has 0 bridgehead atoms. The average molecular weight is 336 g/mol. The molecule has 23 heavy (non-hydrogen) atoms. The molecule has 0 saturated carbocycles. The van der Waals surface area contributed by atoms with Crippen LogP contribution in [0.15, 0.2) is 47.4 Å². The highest BCUT2D eigenvalue weighted by molar-refractivity contribution is 7.89. The molecule has 0 radical (unpaired) electrons. The van der Waals surface area contributed by atoms with E-state index in [4.69, 9.17) is 9.47 Å². The van der Waals surface area contributed by atoms with Gasteiger partial charge in [-0.25, -0.2) is 13.1 Å². The lowest BCUT2D eigenvalue weighted by atomic mass is 10.2. The Kier molecular flexibility index (Phi) is 3.89. The zero-order chi connectivity index (χ0) is 16.4. The Morgan fingerprint density at radius 1 is 1.09 bits per heavy atom. The lowest BCUT2D eigenvalue weighted by molar-refractivity contribution is -0.384. The number of benzene rings is 2. The number of hydrogen-bond acceptors (Lipinski definition) is 6. The van der Waals surface area contributed by atoms with Crippen LogP contribution in [0.2, 0.25) is 0 Å². The molecule has 1 aliphatic rings. The summed E-state index contributed by atoms with van der Waals surface area (Å²) in [6.07, 6.45) is 0. The van der Waals surface area contributed by atoms with Crippen molar-refractivity contribution in [2.24, 2.45) is 0 Å². The predicted octanol–water partition coefficient (Wildman–Crippen LogP) is 1.80. The van der Waals surface area contributed by atoms with Crippen LogP contribution in [-0.2, 0) is 16.6 Å². The van der Waals surface area contributed by atoms with Crippen molar-refractivity contribution in [2.45, 2.75) is 11.4 Å². The van der Waals surface area contributed by atoms with Crippen LogP contribution in [0.1, 0.15) is 5.56 Å². The fourth-order valence-electron chi connectivity index (χ4n) is 2.06. The summed E-state index contributed by atoms with van der Waals surface area (Å²) in [5.41, 5.74) is 0.541. The topological polar surface area (TPSA) is 108 Å². The van der Waals surface area contributed by atoms with Crippen molar-refractivity contribution >= 4 is 15.7 Å². The standard InChI is InChI=1S/C14H12N2O6S/c17-16(18)11-2-4-12(5-3-11)23(19,20)15-8-10-1-6-13-14(7-10)22-9-21-13/h1-7,15H,8-9H2. The first-order valence-electron chi connectivity index (χ1n) is 6.58. The number of sulfonamides is 1. The van der Waals surface area contributed by atoms with Crippen LogP contribution in [-0.4, -0.2) is 20.1 Å². The van der Waals surface area contributed by atoms with E-state index in [1.807, 2.05) is 0 Å². The summed E-state index contributed by atoms with van der Waals surface area (Å²) in [6, 6.07) is 9.81. The fraction of sp³-hybridized carbons (Fsp3) is 0.143. The molecule has 1 aliphatic heterocycles. The zero-order valence-electron chi connectivity index (χ0n) is 11.8. The van der Waals surface area contributed by atoms with Gasteiger partial charge in [-0.2, -0.15) is 0 Å². The van der Waals surface area contributed by atoms with Gasteiger partial charge in [-0.15, -0.1) is 0 Å². The molecular formula is C14H12N2O6S. The summed E-state index contributed by atoms with van der Waals surface area (Å²) < 4.78 is 37.2. The predicted molar refractivity (Wildman–Crippen MR) is 79.7 cm³/mol. The van der Waals surface area contributed by atoms with Gasteiger partial charge >= 0.3 is 0 Å². The van der Waals surface area contributed by atoms with E-state index in [-0.39, 0.29) is 23.9 Å². The number of fused-ring (bicyclic) bond motifs is 1. The minimum absolute atomic E-state index is 0.0381. The lowest BCUT2D eigenvalue weighted by Crippen LogP contribution is -2.23. The van der Waals surface area contributed by atoms with E-state index in [9.17, 15) is 18.5 Å². The molecule has 1 heterocycles. The Hall–Kier alpha value is -2.65. The number of rotatable bonds is 5. The molecule has 0 aliphatic carbocycles. The summed E-state index contributed by atoms with van der Waals surface area (Å²) in [5.74, 6) is 1.18. The number of ether oxygens (including phenoxy) is 2. The van der Waals surface area contributed by atoms with E-state index < -0.39 is 14.9 Å². The molecule has 2 aromatic carbocycles. The minimum atomic E-state index is -3.76. The van der Waals surface area contributed by atoms with E-state index in [0.29, 0.717) is 17.1 Å². The van der Waals surface area contributed by atoms with Gasteiger partial charge in [0.05, 0.1) is 9.82 Å². The third-order valence-corrected chi connectivity index (χ3v) is 4.68. The van der Waals surface area contributed by atoms with E-state index in [2.05, 4.69) is 4.72 Å². The molecule has 3 rings (SSSR count). The number of hydrogen-bond donors (Lipinski definition) is 1. The van der Waals surface area contributed by atoms with Crippen LogP contribution in [0.25, 0.3) is 0 Å². The van der Waals surface area contributed by atoms with Crippen LogP contribution >= 0.6 is 0 Å². The Morgan fingerprint density at radius 2 is 1.78 bits per heavy atom. The molecule has 120 valence electrons. The maximum absolute atomic E-state index is 12.2. The van der Waals surface area contributed by atoms with E-state index in [1.165, 1.54) is 12.1 Å². The van der Waals surface area contributed by atoms with Crippen LogP contribution in [0.4, 0.5) is 5.69 Å². The molecule has 0 aromatic heterocycles. The first kappa shape index (κ1) is 15.3. The van der Waals surface area contributed by atoms with Crippen molar-refractivity contribution < 1.29 is 22.8 Å². The van der Waals surface area contributed by atoms with Gasteiger partial charge in [0.15, 0.2) is 11.5 Å². The van der Waals surface area contributed by atoms with Gasteiger partial charge in [-0.3, -0.25) is 10.1 Å². The van der Waals surface area contributed by atoms with E-state index in [1.54, 1.807) is 18.2 Å². The zero-order valence-corrected chi connectivity index (χ0v) is 12.6. The first-order valence-corrected chi connectivity index (χ1v) is 8.07. The number of nitro benzene ring substituents is 1. The summed E-state index contributed by atoms with van der Waals surface area (Å²) in [5, 5.41) is 10.6. The van der Waals surface area contributed by atoms with Crippen LogP contribution in [0.5, 0.6) is 11.5 Å². The first-order chi connectivity index (χ1) is 11.0. The third-order valence-electron chi connectivity index (χ3n) is 3.26. The van der Waals surface area contributed by atoms with Crippen molar-refractivity contribution in [2.75, 3.05) is 6.79 Å². The second-order valence-corrected chi connectivity index (χ2v) is 6.53. The molecule has 0 saturated heterocycles. The van der Waals surface area contributed by atoms with Gasteiger partial charge in [0.2, 0.25) is 16.8 Å². The van der Waals surface area contributed by atoms with Crippen LogP contribution in [0.3, 0.4) is 0 Å². The lowest BCUT2D eigenvalue weighted by Gasteiger charge is -2.07. The number of nitrogens with one attached hydrogen (secondary N) is 1. The fourth-order valence-corrected chi connectivity index (χ4v) is 3.08. The average Bonchev–Trinajstić information content (AvgIpc) is 3.01. The summed E-state index contributed by atoms with van der Waals surface area (Å²) in [7, 11) is -3.76. The Labute approximate surface area is 131 Å². The van der Waals surface area contributed by atoms with Gasteiger partial charge < -0.3 is 9.47 Å². The Balaban J connectivity index is 1.72. The maximum atomic E-state index is 12.2. The van der Waals surface area contributed by atoms with Crippen molar-refractivity contribution in [3.63, 3.8) is 0 Å². The molecule has 8 nitrogen and oxygen atoms in total. The Morgan fingerprint density at radius 3 is 2.48 bits per heavy atom. The van der Waals surface area contributed by atoms with Crippen molar-refractivity contribution in [3.05, 3.63) is 58.1 Å². The van der Waals surface area contributed by atoms with Crippen molar-refractivity contribution in [1.82, 2.24) is 4.72 Å².